The molecule has 0 aliphatic carbocycles. The summed E-state index contributed by atoms with van der Waals surface area (Å²) >= 11 is 0. The zero-order valence-electron chi connectivity index (χ0n) is 13.2. The number of ether oxygens (including phenoxy) is 1. The van der Waals surface area contributed by atoms with Crippen LogP contribution in [0.1, 0.15) is 38.2 Å². The summed E-state index contributed by atoms with van der Waals surface area (Å²) in [6.07, 6.45) is 5.52. The molecule has 0 radical (unpaired) electrons. The fourth-order valence-corrected chi connectivity index (χ4v) is 3.62. The first kappa shape index (κ1) is 15.0. The van der Waals surface area contributed by atoms with Crippen molar-refractivity contribution in [2.24, 2.45) is 0 Å². The molecule has 21 heavy (non-hydrogen) atoms. The van der Waals surface area contributed by atoms with Gasteiger partial charge in [-0.1, -0.05) is 30.3 Å². The second kappa shape index (κ2) is 6.91. The maximum atomic E-state index is 5.86. The standard InChI is InChI=1S/C18H28N2O/c1-18(16-7-3-2-4-8-16)15-20(13-11-19-18)12-10-17-9-5-6-14-21-17/h2-4,7-8,17,19H,5-6,9-15H2,1H3. The molecule has 2 unspecified atom stereocenters. The van der Waals surface area contributed by atoms with Crippen molar-refractivity contribution in [1.29, 1.82) is 0 Å². The number of rotatable bonds is 4. The topological polar surface area (TPSA) is 24.5 Å². The summed E-state index contributed by atoms with van der Waals surface area (Å²) in [6.45, 7) is 7.75. The van der Waals surface area contributed by atoms with Crippen molar-refractivity contribution < 1.29 is 4.74 Å². The van der Waals surface area contributed by atoms with E-state index >= 15 is 0 Å². The van der Waals surface area contributed by atoms with Gasteiger partial charge in [-0.25, -0.2) is 0 Å². The van der Waals surface area contributed by atoms with Crippen LogP contribution in [-0.4, -0.2) is 43.8 Å². The zero-order valence-corrected chi connectivity index (χ0v) is 13.2. The molecular formula is C18H28N2O. The predicted molar refractivity (Wildman–Crippen MR) is 86.4 cm³/mol. The average molecular weight is 288 g/mol. The Morgan fingerprint density at radius 2 is 2.14 bits per heavy atom. The second-order valence-corrected chi connectivity index (χ2v) is 6.68. The van der Waals surface area contributed by atoms with Crippen LogP contribution in [0.15, 0.2) is 30.3 Å². The van der Waals surface area contributed by atoms with Gasteiger partial charge in [0.1, 0.15) is 0 Å². The van der Waals surface area contributed by atoms with Gasteiger partial charge in [-0.05, 0) is 38.2 Å². The van der Waals surface area contributed by atoms with Crippen molar-refractivity contribution in [2.75, 3.05) is 32.8 Å². The third-order valence-electron chi connectivity index (χ3n) is 4.94. The lowest BCUT2D eigenvalue weighted by atomic mass is 9.89. The quantitative estimate of drug-likeness (QED) is 0.922. The van der Waals surface area contributed by atoms with Crippen molar-refractivity contribution in [3.63, 3.8) is 0 Å². The molecule has 2 fully saturated rings. The van der Waals surface area contributed by atoms with Crippen LogP contribution in [0.25, 0.3) is 0 Å². The highest BCUT2D eigenvalue weighted by molar-refractivity contribution is 5.24. The molecule has 3 nitrogen and oxygen atoms in total. The highest BCUT2D eigenvalue weighted by atomic mass is 16.5. The Hall–Kier alpha value is -0.900. The molecule has 2 atom stereocenters. The molecule has 0 aromatic heterocycles. The van der Waals surface area contributed by atoms with Crippen molar-refractivity contribution in [3.05, 3.63) is 35.9 Å². The largest absolute Gasteiger partial charge is 0.378 e. The van der Waals surface area contributed by atoms with Gasteiger partial charge in [-0.15, -0.1) is 0 Å². The molecule has 116 valence electrons. The molecule has 3 rings (SSSR count). The molecule has 0 saturated carbocycles. The number of nitrogens with one attached hydrogen (secondary N) is 1. The third kappa shape index (κ3) is 3.85. The van der Waals surface area contributed by atoms with E-state index in [2.05, 4.69) is 47.5 Å². The number of hydrogen-bond donors (Lipinski definition) is 1. The second-order valence-electron chi connectivity index (χ2n) is 6.68. The highest BCUT2D eigenvalue weighted by Crippen LogP contribution is 2.25. The average Bonchev–Trinajstić information content (AvgIpc) is 2.55. The van der Waals surface area contributed by atoms with E-state index in [1.165, 1.54) is 31.2 Å². The number of piperazine rings is 1. The fourth-order valence-electron chi connectivity index (χ4n) is 3.62. The van der Waals surface area contributed by atoms with E-state index in [4.69, 9.17) is 4.74 Å². The minimum Gasteiger partial charge on any atom is -0.378 e. The smallest absolute Gasteiger partial charge is 0.0587 e. The van der Waals surface area contributed by atoms with Crippen LogP contribution in [0.2, 0.25) is 0 Å². The molecule has 2 aliphatic rings. The van der Waals surface area contributed by atoms with Gasteiger partial charge in [-0.3, -0.25) is 4.90 Å². The molecule has 1 N–H and O–H groups in total. The highest BCUT2D eigenvalue weighted by Gasteiger charge is 2.32. The minimum atomic E-state index is 0.0763. The first-order chi connectivity index (χ1) is 10.3. The van der Waals surface area contributed by atoms with Crippen LogP contribution in [0.4, 0.5) is 0 Å². The summed E-state index contributed by atoms with van der Waals surface area (Å²) in [4.78, 5) is 2.60. The number of hydrogen-bond acceptors (Lipinski definition) is 3. The monoisotopic (exact) mass is 288 g/mol. The van der Waals surface area contributed by atoms with Crippen LogP contribution in [0, 0.1) is 0 Å². The molecule has 0 bridgehead atoms. The number of nitrogens with zero attached hydrogens (tertiary/aromatic N) is 1. The zero-order chi connectivity index (χ0) is 14.5. The van der Waals surface area contributed by atoms with Crippen LogP contribution in [0.3, 0.4) is 0 Å². The van der Waals surface area contributed by atoms with Gasteiger partial charge >= 0.3 is 0 Å². The van der Waals surface area contributed by atoms with Gasteiger partial charge in [0.05, 0.1) is 11.6 Å². The van der Waals surface area contributed by atoms with Crippen LogP contribution >= 0.6 is 0 Å². The summed E-state index contributed by atoms with van der Waals surface area (Å²) < 4.78 is 5.86. The SMILES string of the molecule is CC1(c2ccccc2)CN(CCC2CCCCO2)CCN1. The molecule has 2 aliphatic heterocycles. The Bertz CT molecular complexity index is 430. The molecular weight excluding hydrogens is 260 g/mol. The van der Waals surface area contributed by atoms with E-state index in [1.54, 1.807) is 0 Å². The third-order valence-corrected chi connectivity index (χ3v) is 4.94. The van der Waals surface area contributed by atoms with Crippen LogP contribution in [-0.2, 0) is 10.3 Å². The summed E-state index contributed by atoms with van der Waals surface area (Å²) in [5.74, 6) is 0. The van der Waals surface area contributed by atoms with E-state index in [9.17, 15) is 0 Å². The lowest BCUT2D eigenvalue weighted by Crippen LogP contribution is -2.56. The maximum Gasteiger partial charge on any atom is 0.0587 e. The summed E-state index contributed by atoms with van der Waals surface area (Å²) in [5, 5.41) is 3.71. The van der Waals surface area contributed by atoms with E-state index in [0.717, 1.165) is 32.8 Å². The van der Waals surface area contributed by atoms with Gasteiger partial charge < -0.3 is 10.1 Å². The summed E-state index contributed by atoms with van der Waals surface area (Å²) in [5.41, 5.74) is 1.47. The van der Waals surface area contributed by atoms with Crippen LogP contribution in [0.5, 0.6) is 0 Å². The molecule has 0 spiro atoms. The first-order valence-electron chi connectivity index (χ1n) is 8.41. The maximum absolute atomic E-state index is 5.86. The van der Waals surface area contributed by atoms with E-state index < -0.39 is 0 Å². The first-order valence-corrected chi connectivity index (χ1v) is 8.41. The lowest BCUT2D eigenvalue weighted by molar-refractivity contribution is 0.00208. The minimum absolute atomic E-state index is 0.0763. The van der Waals surface area contributed by atoms with Crippen molar-refractivity contribution in [1.82, 2.24) is 10.2 Å². The van der Waals surface area contributed by atoms with Crippen molar-refractivity contribution in [3.8, 4) is 0 Å². The van der Waals surface area contributed by atoms with Crippen molar-refractivity contribution >= 4 is 0 Å². The fraction of sp³-hybridized carbons (Fsp3) is 0.667. The normalized spacial score (nSPS) is 31.2. The van der Waals surface area contributed by atoms with Gasteiger partial charge in [0.15, 0.2) is 0 Å². The van der Waals surface area contributed by atoms with E-state index in [1.807, 2.05) is 0 Å². The van der Waals surface area contributed by atoms with Crippen LogP contribution < -0.4 is 5.32 Å². The molecule has 1 aromatic carbocycles. The summed E-state index contributed by atoms with van der Waals surface area (Å²) in [7, 11) is 0. The Balaban J connectivity index is 1.55. The molecule has 0 amide bonds. The molecule has 2 saturated heterocycles. The molecule has 3 heteroatoms. The molecule has 2 heterocycles. The lowest BCUT2D eigenvalue weighted by Gasteiger charge is -2.42. The predicted octanol–water partition coefficient (Wildman–Crippen LogP) is 2.77. The Kier molecular flexibility index (Phi) is 4.94. The van der Waals surface area contributed by atoms with Gasteiger partial charge in [0, 0.05) is 32.8 Å². The number of benzene rings is 1. The Labute approximate surface area is 128 Å². The van der Waals surface area contributed by atoms with Gasteiger partial charge in [0.25, 0.3) is 0 Å². The van der Waals surface area contributed by atoms with E-state index in [-0.39, 0.29) is 5.54 Å². The Morgan fingerprint density at radius 1 is 1.29 bits per heavy atom. The summed E-state index contributed by atoms with van der Waals surface area (Å²) in [6, 6.07) is 10.8. The van der Waals surface area contributed by atoms with Crippen molar-refractivity contribution in [2.45, 2.75) is 44.2 Å². The van der Waals surface area contributed by atoms with E-state index in [0.29, 0.717) is 6.10 Å². The Morgan fingerprint density at radius 3 is 2.90 bits per heavy atom. The van der Waals surface area contributed by atoms with Gasteiger partial charge in [0.2, 0.25) is 0 Å². The molecule has 1 aromatic rings. The van der Waals surface area contributed by atoms with Gasteiger partial charge in [-0.2, -0.15) is 0 Å².